The molecule has 5 nitrogen and oxygen atoms in total. The standard InChI is InChI=1S/C23H48O5Si2/c1-22(2,3)29(8,9)27-17-13-12-16-21(26-19-25-7)20(24)15-14-18-28-30(10,11)23(4,5)6/h12-15,20-21,24H,16-19H2,1-11H3/b13-12+,15-14+/t20-,21+/m0/s1. The lowest BCUT2D eigenvalue weighted by molar-refractivity contribution is -0.100. The van der Waals surface area contributed by atoms with Crippen molar-refractivity contribution in [3.63, 3.8) is 0 Å². The molecule has 0 fully saturated rings. The van der Waals surface area contributed by atoms with Crippen molar-refractivity contribution in [2.24, 2.45) is 0 Å². The SMILES string of the molecule is COCO[C@H](C/C=C/CO[Si](C)(C)C(C)(C)C)[C@@H](O)/C=C/CO[Si](C)(C)C(C)(C)C. The summed E-state index contributed by atoms with van der Waals surface area (Å²) in [5.41, 5.74) is 0. The molecule has 0 heterocycles. The van der Waals surface area contributed by atoms with Crippen LogP contribution >= 0.6 is 0 Å². The Kier molecular flexibility index (Phi) is 12.6. The van der Waals surface area contributed by atoms with Crippen LogP contribution in [0.25, 0.3) is 0 Å². The van der Waals surface area contributed by atoms with E-state index in [1.165, 1.54) is 0 Å². The minimum atomic E-state index is -1.79. The van der Waals surface area contributed by atoms with Gasteiger partial charge in [0.1, 0.15) is 6.79 Å². The summed E-state index contributed by atoms with van der Waals surface area (Å²) >= 11 is 0. The molecule has 0 spiro atoms. The van der Waals surface area contributed by atoms with Crippen LogP contribution in [0, 0.1) is 0 Å². The molecular formula is C23H48O5Si2. The molecule has 0 aliphatic rings. The number of methoxy groups -OCH3 is 1. The lowest BCUT2D eigenvalue weighted by Crippen LogP contribution is -2.40. The van der Waals surface area contributed by atoms with Gasteiger partial charge in [-0.2, -0.15) is 0 Å². The summed E-state index contributed by atoms with van der Waals surface area (Å²) in [7, 11) is -1.96. The fourth-order valence-electron chi connectivity index (χ4n) is 2.02. The highest BCUT2D eigenvalue weighted by atomic mass is 28.4. The Morgan fingerprint density at radius 2 is 1.27 bits per heavy atom. The van der Waals surface area contributed by atoms with Crippen LogP contribution in [0.15, 0.2) is 24.3 Å². The molecule has 0 aromatic heterocycles. The second kappa shape index (κ2) is 12.7. The predicted molar refractivity (Wildman–Crippen MR) is 132 cm³/mol. The summed E-state index contributed by atoms with van der Waals surface area (Å²) in [5, 5.41) is 10.9. The first-order chi connectivity index (χ1) is 13.5. The normalized spacial score (nSPS) is 16.5. The fourth-order valence-corrected chi connectivity index (χ4v) is 3.92. The molecule has 0 aliphatic heterocycles. The zero-order valence-corrected chi connectivity index (χ0v) is 23.4. The highest BCUT2D eigenvalue weighted by molar-refractivity contribution is 6.74. The van der Waals surface area contributed by atoms with Crippen molar-refractivity contribution in [1.82, 2.24) is 0 Å². The van der Waals surface area contributed by atoms with Gasteiger partial charge in [0.25, 0.3) is 0 Å². The average molecular weight is 461 g/mol. The lowest BCUT2D eigenvalue weighted by Gasteiger charge is -2.35. The number of aliphatic hydroxyl groups is 1. The fraction of sp³-hybridized carbons (Fsp3) is 0.826. The number of hydrogen-bond donors (Lipinski definition) is 1. The quantitative estimate of drug-likeness (QED) is 0.211. The van der Waals surface area contributed by atoms with E-state index in [0.29, 0.717) is 19.6 Å². The Morgan fingerprint density at radius 3 is 1.70 bits per heavy atom. The smallest absolute Gasteiger partial charge is 0.192 e. The maximum Gasteiger partial charge on any atom is 0.192 e. The minimum Gasteiger partial charge on any atom is -0.413 e. The van der Waals surface area contributed by atoms with Crippen LogP contribution in [0.4, 0.5) is 0 Å². The van der Waals surface area contributed by atoms with Gasteiger partial charge in [-0.25, -0.2) is 0 Å². The third-order valence-corrected chi connectivity index (χ3v) is 15.3. The molecule has 0 radical (unpaired) electrons. The molecular weight excluding hydrogens is 412 g/mol. The van der Waals surface area contributed by atoms with Crippen LogP contribution in [-0.2, 0) is 18.3 Å². The summed E-state index contributed by atoms with van der Waals surface area (Å²) in [6.07, 6.45) is 7.15. The number of aliphatic hydroxyl groups excluding tert-OH is 1. The van der Waals surface area contributed by atoms with Gasteiger partial charge >= 0.3 is 0 Å². The number of ether oxygens (including phenoxy) is 2. The van der Waals surface area contributed by atoms with Gasteiger partial charge in [-0.05, 0) is 42.7 Å². The minimum absolute atomic E-state index is 0.143. The topological polar surface area (TPSA) is 57.2 Å². The van der Waals surface area contributed by atoms with E-state index in [9.17, 15) is 5.11 Å². The van der Waals surface area contributed by atoms with Crippen LogP contribution in [0.2, 0.25) is 36.3 Å². The first-order valence-corrected chi connectivity index (χ1v) is 16.7. The van der Waals surface area contributed by atoms with Gasteiger partial charge in [-0.15, -0.1) is 0 Å². The van der Waals surface area contributed by atoms with E-state index in [1.807, 2.05) is 18.2 Å². The van der Waals surface area contributed by atoms with Crippen LogP contribution in [-0.4, -0.2) is 61.1 Å². The molecule has 0 unspecified atom stereocenters. The highest BCUT2D eigenvalue weighted by Crippen LogP contribution is 2.37. The van der Waals surface area contributed by atoms with Crippen molar-refractivity contribution >= 4 is 16.6 Å². The summed E-state index contributed by atoms with van der Waals surface area (Å²) in [4.78, 5) is 0. The second-order valence-electron chi connectivity index (χ2n) is 10.9. The Hall–Kier alpha value is -0.286. The Balaban J connectivity index is 4.69. The first kappa shape index (κ1) is 29.7. The average Bonchev–Trinajstić information content (AvgIpc) is 2.58. The molecule has 7 heteroatoms. The molecule has 0 saturated carbocycles. The van der Waals surface area contributed by atoms with Gasteiger partial charge in [0.2, 0.25) is 0 Å². The summed E-state index contributed by atoms with van der Waals surface area (Å²) in [6, 6.07) is 0. The van der Waals surface area contributed by atoms with Gasteiger partial charge in [-0.3, -0.25) is 0 Å². The van der Waals surface area contributed by atoms with Crippen molar-refractivity contribution in [3.05, 3.63) is 24.3 Å². The van der Waals surface area contributed by atoms with E-state index in [0.717, 1.165) is 0 Å². The monoisotopic (exact) mass is 460 g/mol. The van der Waals surface area contributed by atoms with Crippen LogP contribution < -0.4 is 0 Å². The van der Waals surface area contributed by atoms with E-state index in [-0.39, 0.29) is 23.0 Å². The van der Waals surface area contributed by atoms with E-state index in [1.54, 1.807) is 13.2 Å². The van der Waals surface area contributed by atoms with Gasteiger partial charge in [0.15, 0.2) is 16.6 Å². The molecule has 178 valence electrons. The number of hydrogen-bond acceptors (Lipinski definition) is 5. The Labute approximate surface area is 188 Å². The number of rotatable bonds is 13. The van der Waals surface area contributed by atoms with E-state index in [2.05, 4.69) is 67.7 Å². The first-order valence-electron chi connectivity index (χ1n) is 10.9. The molecule has 2 atom stereocenters. The molecule has 1 N–H and O–H groups in total. The van der Waals surface area contributed by atoms with E-state index < -0.39 is 22.7 Å². The molecule has 0 saturated heterocycles. The predicted octanol–water partition coefficient (Wildman–Crippen LogP) is 5.88. The molecule has 0 rings (SSSR count). The zero-order valence-electron chi connectivity index (χ0n) is 21.4. The third kappa shape index (κ3) is 10.8. The van der Waals surface area contributed by atoms with Crippen LogP contribution in [0.1, 0.15) is 48.0 Å². The summed E-state index contributed by atoms with van der Waals surface area (Å²) in [5.74, 6) is 0. The zero-order chi connectivity index (χ0) is 23.6. The van der Waals surface area contributed by atoms with E-state index >= 15 is 0 Å². The molecule has 0 amide bonds. The van der Waals surface area contributed by atoms with Gasteiger partial charge in [-0.1, -0.05) is 65.8 Å². The highest BCUT2D eigenvalue weighted by Gasteiger charge is 2.37. The Morgan fingerprint density at radius 1 is 0.800 bits per heavy atom. The van der Waals surface area contributed by atoms with Gasteiger partial charge < -0.3 is 23.4 Å². The van der Waals surface area contributed by atoms with Crippen molar-refractivity contribution in [1.29, 1.82) is 0 Å². The van der Waals surface area contributed by atoms with Crippen LogP contribution in [0.5, 0.6) is 0 Å². The van der Waals surface area contributed by atoms with Gasteiger partial charge in [0, 0.05) is 7.11 Å². The van der Waals surface area contributed by atoms with Crippen molar-refractivity contribution < 1.29 is 23.4 Å². The lowest BCUT2D eigenvalue weighted by atomic mass is 10.1. The van der Waals surface area contributed by atoms with Crippen molar-refractivity contribution in [2.75, 3.05) is 27.1 Å². The summed E-state index contributed by atoms with van der Waals surface area (Å²) in [6.45, 7) is 23.5. The third-order valence-electron chi connectivity index (χ3n) is 6.34. The molecule has 0 aromatic carbocycles. The maximum atomic E-state index is 10.5. The Bertz CT molecular complexity index is 531. The molecule has 0 bridgehead atoms. The van der Waals surface area contributed by atoms with Crippen LogP contribution in [0.3, 0.4) is 0 Å². The van der Waals surface area contributed by atoms with Crippen molar-refractivity contribution in [3.8, 4) is 0 Å². The molecule has 0 aromatic rings. The largest absolute Gasteiger partial charge is 0.413 e. The van der Waals surface area contributed by atoms with Crippen molar-refractivity contribution in [2.45, 2.75) is 96.4 Å². The maximum absolute atomic E-state index is 10.5. The second-order valence-corrected chi connectivity index (χ2v) is 20.5. The van der Waals surface area contributed by atoms with Gasteiger partial charge in [0.05, 0.1) is 25.4 Å². The van der Waals surface area contributed by atoms with E-state index in [4.69, 9.17) is 18.3 Å². The molecule has 0 aliphatic carbocycles. The molecule has 30 heavy (non-hydrogen) atoms. The summed E-state index contributed by atoms with van der Waals surface area (Å²) < 4.78 is 23.0.